The third kappa shape index (κ3) is 4.56. The van der Waals surface area contributed by atoms with E-state index in [2.05, 4.69) is 15.9 Å². The largest absolute Gasteiger partial charge is 0.491 e. The number of carboxylic acids is 1. The fourth-order valence-electron chi connectivity index (χ4n) is 2.73. The van der Waals surface area contributed by atoms with Crippen molar-refractivity contribution in [1.29, 1.82) is 0 Å². The molecule has 1 amide bonds. The Morgan fingerprint density at radius 3 is 2.71 bits per heavy atom. The SMILES string of the molecule is CC(C)Oc1ccc2c(c1)S/C(=C\C(=O)O)C(=O)N2Cc1ccc(Br)cc1F. The molecular weight excluding hydrogens is 449 g/mol. The molecule has 0 saturated heterocycles. The van der Waals surface area contributed by atoms with Crippen LogP contribution >= 0.6 is 27.7 Å². The minimum atomic E-state index is -1.22. The summed E-state index contributed by atoms with van der Waals surface area (Å²) in [6.07, 6.45) is 0.840. The zero-order valence-corrected chi connectivity index (χ0v) is 17.5. The number of ether oxygens (including phenoxy) is 1. The summed E-state index contributed by atoms with van der Waals surface area (Å²) in [6.45, 7) is 3.77. The molecule has 2 aromatic rings. The molecule has 8 heteroatoms. The Hall–Kier alpha value is -2.32. The third-order valence-corrected chi connectivity index (χ3v) is 5.42. The Morgan fingerprint density at radius 1 is 1.32 bits per heavy atom. The first-order chi connectivity index (χ1) is 13.2. The number of anilines is 1. The van der Waals surface area contributed by atoms with Gasteiger partial charge < -0.3 is 14.7 Å². The number of fused-ring (bicyclic) bond motifs is 1. The van der Waals surface area contributed by atoms with Crippen LogP contribution in [0, 0.1) is 5.82 Å². The van der Waals surface area contributed by atoms with Crippen LogP contribution < -0.4 is 9.64 Å². The molecule has 0 aromatic heterocycles. The van der Waals surface area contributed by atoms with Gasteiger partial charge in [-0.1, -0.05) is 33.8 Å². The molecule has 2 aromatic carbocycles. The number of carbonyl (C=O) groups is 2. The summed E-state index contributed by atoms with van der Waals surface area (Å²) in [5.74, 6) is -1.55. The molecule has 1 N–H and O–H groups in total. The lowest BCUT2D eigenvalue weighted by atomic mass is 10.1. The lowest BCUT2D eigenvalue weighted by Crippen LogP contribution is -2.34. The topological polar surface area (TPSA) is 66.8 Å². The van der Waals surface area contributed by atoms with Crippen molar-refractivity contribution >= 4 is 45.3 Å². The Labute approximate surface area is 174 Å². The van der Waals surface area contributed by atoms with E-state index >= 15 is 0 Å². The molecule has 1 aliphatic rings. The van der Waals surface area contributed by atoms with E-state index in [0.717, 1.165) is 17.8 Å². The number of hydrogen-bond acceptors (Lipinski definition) is 4. The molecule has 0 fully saturated rings. The number of nitrogens with zero attached hydrogens (tertiary/aromatic N) is 1. The first kappa shape index (κ1) is 20.4. The molecule has 0 radical (unpaired) electrons. The number of benzene rings is 2. The number of aliphatic carboxylic acids is 1. The minimum Gasteiger partial charge on any atom is -0.491 e. The highest BCUT2D eigenvalue weighted by Gasteiger charge is 2.31. The van der Waals surface area contributed by atoms with Crippen LogP contribution in [0.4, 0.5) is 10.1 Å². The lowest BCUT2D eigenvalue weighted by Gasteiger charge is -2.30. The van der Waals surface area contributed by atoms with Crippen molar-refractivity contribution in [3.63, 3.8) is 0 Å². The molecule has 0 aliphatic carbocycles. The predicted molar refractivity (Wildman–Crippen MR) is 109 cm³/mol. The standard InChI is InChI=1S/C20H17BrFNO4S/c1-11(2)27-14-5-6-16-17(8-14)28-18(9-19(24)25)20(26)23(16)10-12-3-4-13(21)7-15(12)22/h3-9,11H,10H2,1-2H3,(H,24,25)/b18-9-. The summed E-state index contributed by atoms with van der Waals surface area (Å²) in [5, 5.41) is 9.11. The molecule has 1 aliphatic heterocycles. The maximum absolute atomic E-state index is 14.3. The number of carboxylic acid groups (broad SMARTS) is 1. The average Bonchev–Trinajstić information content (AvgIpc) is 2.59. The van der Waals surface area contributed by atoms with E-state index in [-0.39, 0.29) is 17.6 Å². The lowest BCUT2D eigenvalue weighted by molar-refractivity contribution is -0.131. The Kier molecular flexibility index (Phi) is 6.10. The van der Waals surface area contributed by atoms with Gasteiger partial charge in [-0.15, -0.1) is 0 Å². The maximum Gasteiger partial charge on any atom is 0.329 e. The molecular formula is C20H17BrFNO4S. The van der Waals surface area contributed by atoms with Crippen LogP contribution in [-0.2, 0) is 16.1 Å². The van der Waals surface area contributed by atoms with Gasteiger partial charge in [0.05, 0.1) is 23.2 Å². The van der Waals surface area contributed by atoms with Crippen LogP contribution in [0.5, 0.6) is 5.75 Å². The zero-order chi connectivity index (χ0) is 20.4. The van der Waals surface area contributed by atoms with Gasteiger partial charge in [0.15, 0.2) is 0 Å². The highest BCUT2D eigenvalue weighted by Crippen LogP contribution is 2.44. The summed E-state index contributed by atoms with van der Waals surface area (Å²) in [6, 6.07) is 9.83. The first-order valence-electron chi connectivity index (χ1n) is 8.43. The van der Waals surface area contributed by atoms with Crippen LogP contribution in [0.1, 0.15) is 19.4 Å². The van der Waals surface area contributed by atoms with Crippen LogP contribution in [0.25, 0.3) is 0 Å². The Bertz CT molecular complexity index is 977. The van der Waals surface area contributed by atoms with Crippen molar-refractivity contribution in [2.24, 2.45) is 0 Å². The normalized spacial score (nSPS) is 15.1. The number of carbonyl (C=O) groups excluding carboxylic acids is 1. The van der Waals surface area contributed by atoms with E-state index in [4.69, 9.17) is 9.84 Å². The molecule has 5 nitrogen and oxygen atoms in total. The number of hydrogen-bond donors (Lipinski definition) is 1. The van der Waals surface area contributed by atoms with Gasteiger partial charge >= 0.3 is 5.97 Å². The number of rotatable bonds is 5. The molecule has 3 rings (SSSR count). The number of halogens is 2. The van der Waals surface area contributed by atoms with Crippen molar-refractivity contribution in [2.45, 2.75) is 31.4 Å². The predicted octanol–water partition coefficient (Wildman–Crippen LogP) is 4.98. The van der Waals surface area contributed by atoms with Gasteiger partial charge in [0, 0.05) is 21.0 Å². The molecule has 0 unspecified atom stereocenters. The van der Waals surface area contributed by atoms with Crippen molar-refractivity contribution in [1.82, 2.24) is 0 Å². The van der Waals surface area contributed by atoms with E-state index in [9.17, 15) is 14.0 Å². The summed E-state index contributed by atoms with van der Waals surface area (Å²) >= 11 is 4.27. The summed E-state index contributed by atoms with van der Waals surface area (Å²) in [7, 11) is 0. The van der Waals surface area contributed by atoms with Crippen LogP contribution in [0.15, 0.2) is 56.7 Å². The van der Waals surface area contributed by atoms with Crippen molar-refractivity contribution < 1.29 is 23.8 Å². The summed E-state index contributed by atoms with van der Waals surface area (Å²) in [5.41, 5.74) is 0.905. The van der Waals surface area contributed by atoms with E-state index < -0.39 is 17.7 Å². The Morgan fingerprint density at radius 2 is 2.07 bits per heavy atom. The fraction of sp³-hybridized carbons (Fsp3) is 0.200. The van der Waals surface area contributed by atoms with Gasteiger partial charge in [0.25, 0.3) is 5.91 Å². The molecule has 0 spiro atoms. The second kappa shape index (κ2) is 8.36. The smallest absolute Gasteiger partial charge is 0.329 e. The second-order valence-electron chi connectivity index (χ2n) is 6.37. The van der Waals surface area contributed by atoms with Crippen LogP contribution in [0.2, 0.25) is 0 Å². The van der Waals surface area contributed by atoms with Gasteiger partial charge in [0.1, 0.15) is 11.6 Å². The van der Waals surface area contributed by atoms with Gasteiger partial charge in [-0.3, -0.25) is 4.79 Å². The molecule has 146 valence electrons. The monoisotopic (exact) mass is 465 g/mol. The van der Waals surface area contributed by atoms with Crippen LogP contribution in [0.3, 0.4) is 0 Å². The average molecular weight is 466 g/mol. The van der Waals surface area contributed by atoms with Gasteiger partial charge in [0.2, 0.25) is 0 Å². The summed E-state index contributed by atoms with van der Waals surface area (Å²) < 4.78 is 20.6. The highest BCUT2D eigenvalue weighted by atomic mass is 79.9. The van der Waals surface area contributed by atoms with Crippen molar-refractivity contribution in [3.05, 3.63) is 63.2 Å². The highest BCUT2D eigenvalue weighted by molar-refractivity contribution is 9.10. The van der Waals surface area contributed by atoms with E-state index in [1.807, 2.05) is 13.8 Å². The zero-order valence-electron chi connectivity index (χ0n) is 15.1. The molecule has 0 saturated carbocycles. The Balaban J connectivity index is 2.04. The van der Waals surface area contributed by atoms with Gasteiger partial charge in [-0.05, 0) is 44.2 Å². The number of thioether (sulfide) groups is 1. The van der Waals surface area contributed by atoms with Crippen molar-refractivity contribution in [2.75, 3.05) is 4.90 Å². The maximum atomic E-state index is 14.3. The van der Waals surface area contributed by atoms with Crippen LogP contribution in [-0.4, -0.2) is 23.1 Å². The number of amides is 1. The third-order valence-electron chi connectivity index (χ3n) is 3.87. The van der Waals surface area contributed by atoms with E-state index in [1.165, 1.54) is 11.0 Å². The molecule has 0 atom stereocenters. The summed E-state index contributed by atoms with van der Waals surface area (Å²) in [4.78, 5) is 26.1. The minimum absolute atomic E-state index is 0.0210. The second-order valence-corrected chi connectivity index (χ2v) is 8.37. The fourth-order valence-corrected chi connectivity index (χ4v) is 4.11. The molecule has 1 heterocycles. The quantitative estimate of drug-likeness (QED) is 0.630. The van der Waals surface area contributed by atoms with Gasteiger partial charge in [-0.25, -0.2) is 9.18 Å². The molecule has 28 heavy (non-hydrogen) atoms. The van der Waals surface area contributed by atoms with Gasteiger partial charge in [-0.2, -0.15) is 0 Å². The molecule has 0 bridgehead atoms. The first-order valence-corrected chi connectivity index (χ1v) is 10.0. The van der Waals surface area contributed by atoms with E-state index in [0.29, 0.717) is 26.4 Å². The van der Waals surface area contributed by atoms with E-state index in [1.54, 1.807) is 30.3 Å². The van der Waals surface area contributed by atoms with Crippen molar-refractivity contribution in [3.8, 4) is 5.75 Å².